The van der Waals surface area contributed by atoms with Gasteiger partial charge in [0.05, 0.1) is 11.4 Å². The molecule has 66 heavy (non-hydrogen) atoms. The smallest absolute Gasteiger partial charge is 0.0705 e. The summed E-state index contributed by atoms with van der Waals surface area (Å²) in [4.78, 5) is 10.0. The Labute approximate surface area is 405 Å². The van der Waals surface area contributed by atoms with Crippen molar-refractivity contribution in [1.29, 1.82) is 0 Å². The van der Waals surface area contributed by atoms with Crippen LogP contribution in [-0.2, 0) is 0 Å². The first-order valence-electron chi connectivity index (χ1n) is 22.2. The van der Waals surface area contributed by atoms with E-state index in [2.05, 4.69) is 254 Å². The maximum atomic E-state index is 5.01. The number of hydrogen-bond donors (Lipinski definition) is 0. The fourth-order valence-electron chi connectivity index (χ4n) is 9.24. The molecule has 0 aliphatic carbocycles. The standard InChI is InChI=1S/C62H46Br2N2/c1-39-28-40(2)30-51(29-39)62-54(52-26-24-49(35-58(52)63)60-31-41(3)56(37-65-60)47-20-11-18-45(33-47)43-14-7-5-8-15-43)22-13-23-55(62)53-27-25-50(36-59(53)64)61-32-42(4)57(38-66-61)48-21-12-19-46(34-48)44-16-9-6-10-17-44/h5-38H,1-4H3. The van der Waals surface area contributed by atoms with Crippen molar-refractivity contribution in [3.8, 4) is 100 Å². The van der Waals surface area contributed by atoms with Gasteiger partial charge >= 0.3 is 0 Å². The lowest BCUT2D eigenvalue weighted by atomic mass is 9.86. The van der Waals surface area contributed by atoms with E-state index >= 15 is 0 Å². The monoisotopic (exact) mass is 976 g/mol. The van der Waals surface area contributed by atoms with Crippen molar-refractivity contribution >= 4 is 31.9 Å². The second kappa shape index (κ2) is 18.5. The van der Waals surface area contributed by atoms with Crippen LogP contribution < -0.4 is 0 Å². The molecule has 8 aromatic carbocycles. The van der Waals surface area contributed by atoms with E-state index in [1.165, 1.54) is 55.6 Å². The van der Waals surface area contributed by atoms with Gasteiger partial charge in [-0.1, -0.05) is 201 Å². The molecule has 0 radical (unpaired) electrons. The van der Waals surface area contributed by atoms with E-state index in [0.717, 1.165) is 76.0 Å². The van der Waals surface area contributed by atoms with Crippen LogP contribution in [0.4, 0.5) is 0 Å². The molecular weight excluding hydrogens is 933 g/mol. The van der Waals surface area contributed by atoms with Crippen LogP contribution in [0.1, 0.15) is 22.3 Å². The summed E-state index contributed by atoms with van der Waals surface area (Å²) in [6.45, 7) is 8.70. The zero-order valence-electron chi connectivity index (χ0n) is 37.3. The SMILES string of the molecule is Cc1cc(C)cc(-c2c(-c3ccc(-c4cc(C)c(-c5cccc(-c6ccccc6)c5)cn4)cc3Br)cccc2-c2ccc(-c3cc(C)c(-c4cccc(-c5ccccc5)c4)cn3)cc2Br)c1. The number of aromatic nitrogens is 2. The third kappa shape index (κ3) is 8.75. The molecule has 0 unspecified atom stereocenters. The van der Waals surface area contributed by atoms with Gasteiger partial charge in [-0.2, -0.15) is 0 Å². The molecule has 0 N–H and O–H groups in total. The summed E-state index contributed by atoms with van der Waals surface area (Å²) in [7, 11) is 0. The largest absolute Gasteiger partial charge is 0.256 e. The van der Waals surface area contributed by atoms with E-state index in [1.807, 2.05) is 12.4 Å². The first-order chi connectivity index (χ1) is 32.2. The van der Waals surface area contributed by atoms with E-state index in [-0.39, 0.29) is 0 Å². The van der Waals surface area contributed by atoms with Gasteiger partial charge in [-0.3, -0.25) is 9.97 Å². The Morgan fingerprint density at radius 3 is 1.12 bits per heavy atom. The maximum absolute atomic E-state index is 5.01. The molecule has 0 bridgehead atoms. The highest BCUT2D eigenvalue weighted by Crippen LogP contribution is 2.46. The summed E-state index contributed by atoms with van der Waals surface area (Å²) in [6, 6.07) is 69.6. The van der Waals surface area contributed by atoms with Crippen LogP contribution in [0.5, 0.6) is 0 Å². The molecule has 0 spiro atoms. The lowest BCUT2D eigenvalue weighted by Gasteiger charge is -2.20. The van der Waals surface area contributed by atoms with Crippen molar-refractivity contribution < 1.29 is 0 Å². The van der Waals surface area contributed by atoms with Gasteiger partial charge in [0.1, 0.15) is 0 Å². The number of hydrogen-bond acceptors (Lipinski definition) is 2. The summed E-state index contributed by atoms with van der Waals surface area (Å²) < 4.78 is 2.01. The summed E-state index contributed by atoms with van der Waals surface area (Å²) in [5, 5.41) is 0. The van der Waals surface area contributed by atoms with Gasteiger partial charge in [-0.25, -0.2) is 0 Å². The molecule has 0 aliphatic rings. The molecule has 2 heterocycles. The molecule has 10 rings (SSSR count). The Bertz CT molecular complexity index is 3210. The van der Waals surface area contributed by atoms with Crippen LogP contribution in [0.25, 0.3) is 100 Å². The molecule has 0 saturated carbocycles. The molecule has 0 atom stereocenters. The molecule has 2 nitrogen and oxygen atoms in total. The van der Waals surface area contributed by atoms with Gasteiger partial charge in [0.2, 0.25) is 0 Å². The van der Waals surface area contributed by atoms with Crippen LogP contribution in [0.2, 0.25) is 0 Å². The minimum atomic E-state index is 0.937. The second-order valence-corrected chi connectivity index (χ2v) is 18.9. The molecular formula is C62H46Br2N2. The highest BCUT2D eigenvalue weighted by atomic mass is 79.9. The fraction of sp³-hybridized carbons (Fsp3) is 0.0645. The first-order valence-corrected chi connectivity index (χ1v) is 23.8. The number of rotatable bonds is 9. The summed E-state index contributed by atoms with van der Waals surface area (Å²) in [5.41, 5.74) is 25.0. The van der Waals surface area contributed by atoms with Gasteiger partial charge in [0, 0.05) is 43.6 Å². The Hall–Kier alpha value is -6.98. The van der Waals surface area contributed by atoms with E-state index < -0.39 is 0 Å². The van der Waals surface area contributed by atoms with Gasteiger partial charge in [-0.05, 0) is 142 Å². The number of pyridine rings is 2. The number of halogens is 2. The average molecular weight is 979 g/mol. The molecule has 0 amide bonds. The minimum Gasteiger partial charge on any atom is -0.256 e. The number of benzene rings is 8. The van der Waals surface area contributed by atoms with Crippen LogP contribution in [0.15, 0.2) is 215 Å². The molecule has 4 heteroatoms. The van der Waals surface area contributed by atoms with Crippen molar-refractivity contribution in [2.24, 2.45) is 0 Å². The van der Waals surface area contributed by atoms with E-state index in [9.17, 15) is 0 Å². The highest BCUT2D eigenvalue weighted by Gasteiger charge is 2.20. The maximum Gasteiger partial charge on any atom is 0.0705 e. The fourth-order valence-corrected chi connectivity index (χ4v) is 10.4. The topological polar surface area (TPSA) is 25.8 Å². The summed E-state index contributed by atoms with van der Waals surface area (Å²) in [6.07, 6.45) is 4.03. The predicted molar refractivity (Wildman–Crippen MR) is 285 cm³/mol. The summed E-state index contributed by atoms with van der Waals surface area (Å²) >= 11 is 8.09. The lowest BCUT2D eigenvalue weighted by Crippen LogP contribution is -1.95. The molecule has 0 fully saturated rings. The Kier molecular flexibility index (Phi) is 12.0. The molecule has 0 saturated heterocycles. The Morgan fingerprint density at radius 1 is 0.288 bits per heavy atom. The summed E-state index contributed by atoms with van der Waals surface area (Å²) in [5.74, 6) is 0. The van der Waals surface area contributed by atoms with Gasteiger partial charge in [0.15, 0.2) is 0 Å². The van der Waals surface area contributed by atoms with Crippen molar-refractivity contribution in [1.82, 2.24) is 9.97 Å². The molecule has 0 aliphatic heterocycles. The third-order valence-corrected chi connectivity index (χ3v) is 13.8. The van der Waals surface area contributed by atoms with Crippen LogP contribution in [-0.4, -0.2) is 9.97 Å². The number of aryl methyl sites for hydroxylation is 4. The normalized spacial score (nSPS) is 11.2. The second-order valence-electron chi connectivity index (χ2n) is 17.2. The van der Waals surface area contributed by atoms with E-state index in [0.29, 0.717) is 0 Å². The zero-order valence-corrected chi connectivity index (χ0v) is 40.5. The Morgan fingerprint density at radius 2 is 0.697 bits per heavy atom. The minimum absolute atomic E-state index is 0.937. The first kappa shape index (κ1) is 42.9. The van der Waals surface area contributed by atoms with E-state index in [4.69, 9.17) is 9.97 Å². The number of nitrogens with zero attached hydrogens (tertiary/aromatic N) is 2. The van der Waals surface area contributed by atoms with Crippen molar-refractivity contribution in [3.63, 3.8) is 0 Å². The molecule has 2 aromatic heterocycles. The van der Waals surface area contributed by atoms with Crippen LogP contribution in [0.3, 0.4) is 0 Å². The quantitative estimate of drug-likeness (QED) is 0.144. The van der Waals surface area contributed by atoms with Crippen molar-refractivity contribution in [3.05, 3.63) is 238 Å². The molecule has 10 aromatic rings. The zero-order chi connectivity index (χ0) is 45.3. The van der Waals surface area contributed by atoms with Crippen molar-refractivity contribution in [2.75, 3.05) is 0 Å². The lowest BCUT2D eigenvalue weighted by molar-refractivity contribution is 1.28. The Balaban J connectivity index is 0.985. The van der Waals surface area contributed by atoms with Gasteiger partial charge in [-0.15, -0.1) is 0 Å². The highest BCUT2D eigenvalue weighted by molar-refractivity contribution is 9.11. The van der Waals surface area contributed by atoms with Crippen molar-refractivity contribution in [2.45, 2.75) is 27.7 Å². The van der Waals surface area contributed by atoms with Gasteiger partial charge in [0.25, 0.3) is 0 Å². The van der Waals surface area contributed by atoms with Crippen LogP contribution in [0, 0.1) is 27.7 Å². The molecule has 318 valence electrons. The van der Waals surface area contributed by atoms with E-state index in [1.54, 1.807) is 0 Å². The van der Waals surface area contributed by atoms with Gasteiger partial charge < -0.3 is 0 Å². The predicted octanol–water partition coefficient (Wildman–Crippen LogP) is 18.2. The average Bonchev–Trinajstić information content (AvgIpc) is 3.34. The van der Waals surface area contributed by atoms with Crippen LogP contribution >= 0.6 is 31.9 Å². The third-order valence-electron chi connectivity index (χ3n) is 12.5.